The van der Waals surface area contributed by atoms with E-state index < -0.39 is 30.4 Å². The van der Waals surface area contributed by atoms with E-state index in [1.807, 2.05) is 0 Å². The molecule has 0 saturated heterocycles. The summed E-state index contributed by atoms with van der Waals surface area (Å²) >= 11 is 0. The van der Waals surface area contributed by atoms with E-state index in [2.05, 4.69) is 0 Å². The van der Waals surface area contributed by atoms with Gasteiger partial charge in [-0.25, -0.2) is 4.79 Å². The van der Waals surface area contributed by atoms with Gasteiger partial charge in [-0.3, -0.25) is 0 Å². The van der Waals surface area contributed by atoms with E-state index >= 15 is 0 Å². The molecule has 0 fully saturated rings. The molecule has 0 aromatic heterocycles. The normalized spacial score (nSPS) is 32.9. The maximum Gasteiger partial charge on any atom is 0.339 e. The average Bonchev–Trinajstić information content (AvgIpc) is 2.92. The number of hydrogen-bond donors (Lipinski definition) is 3. The summed E-state index contributed by atoms with van der Waals surface area (Å²) in [5.74, 6) is 0.313. The first-order valence-electron chi connectivity index (χ1n) is 6.47. The van der Waals surface area contributed by atoms with Crippen molar-refractivity contribution in [1.82, 2.24) is 0 Å². The molecular formula is C14H12O7. The van der Waals surface area contributed by atoms with Gasteiger partial charge in [-0.05, 0) is 23.8 Å². The van der Waals surface area contributed by atoms with Crippen LogP contribution in [0, 0.1) is 0 Å². The van der Waals surface area contributed by atoms with Crippen molar-refractivity contribution in [2.45, 2.75) is 24.4 Å². The van der Waals surface area contributed by atoms with E-state index in [0.717, 1.165) is 0 Å². The minimum Gasteiger partial charge on any atom is -0.454 e. The summed E-state index contributed by atoms with van der Waals surface area (Å²) < 4.78 is 15.7. The van der Waals surface area contributed by atoms with Gasteiger partial charge < -0.3 is 29.5 Å². The second-order valence-corrected chi connectivity index (χ2v) is 5.17. The first kappa shape index (κ1) is 12.6. The molecule has 1 aromatic carbocycles. The molecule has 110 valence electrons. The quantitative estimate of drug-likeness (QED) is 0.550. The van der Waals surface area contributed by atoms with E-state index in [9.17, 15) is 20.1 Å². The monoisotopic (exact) mass is 292 g/mol. The Morgan fingerprint density at radius 3 is 2.38 bits per heavy atom. The Hall–Kier alpha value is -2.09. The zero-order valence-corrected chi connectivity index (χ0v) is 10.7. The number of esters is 1. The van der Waals surface area contributed by atoms with Crippen LogP contribution in [0.15, 0.2) is 18.2 Å². The highest BCUT2D eigenvalue weighted by atomic mass is 16.7. The van der Waals surface area contributed by atoms with E-state index in [4.69, 9.17) is 14.2 Å². The predicted molar refractivity (Wildman–Crippen MR) is 67.8 cm³/mol. The van der Waals surface area contributed by atoms with Crippen LogP contribution >= 0.6 is 0 Å². The maximum absolute atomic E-state index is 12.1. The van der Waals surface area contributed by atoms with Crippen LogP contribution in [0.2, 0.25) is 0 Å². The summed E-state index contributed by atoms with van der Waals surface area (Å²) in [7, 11) is 0. The lowest BCUT2D eigenvalue weighted by molar-refractivity contribution is -0.0910. The molecule has 4 atom stereocenters. The third kappa shape index (κ3) is 1.68. The lowest BCUT2D eigenvalue weighted by Crippen LogP contribution is -2.51. The molecule has 4 rings (SSSR count). The van der Waals surface area contributed by atoms with Gasteiger partial charge in [0, 0.05) is 5.57 Å². The average molecular weight is 292 g/mol. The second-order valence-electron chi connectivity index (χ2n) is 5.17. The lowest BCUT2D eigenvalue weighted by atomic mass is 9.82. The van der Waals surface area contributed by atoms with Crippen molar-refractivity contribution in [3.05, 3.63) is 29.3 Å². The molecule has 2 aliphatic heterocycles. The van der Waals surface area contributed by atoms with Gasteiger partial charge >= 0.3 is 5.97 Å². The number of carbonyl (C=O) groups is 1. The summed E-state index contributed by atoms with van der Waals surface area (Å²) in [4.78, 5) is 12.1. The van der Waals surface area contributed by atoms with Crippen molar-refractivity contribution in [1.29, 1.82) is 0 Å². The minimum atomic E-state index is -1.40. The highest BCUT2D eigenvalue weighted by molar-refractivity contribution is 6.00. The van der Waals surface area contributed by atoms with Crippen LogP contribution < -0.4 is 9.47 Å². The first-order chi connectivity index (χ1) is 10.1. The van der Waals surface area contributed by atoms with Crippen LogP contribution in [0.25, 0.3) is 5.57 Å². The van der Waals surface area contributed by atoms with Crippen LogP contribution in [-0.4, -0.2) is 52.5 Å². The summed E-state index contributed by atoms with van der Waals surface area (Å²) in [5.41, 5.74) is 1.23. The Labute approximate surface area is 119 Å². The first-order valence-corrected chi connectivity index (χ1v) is 6.47. The molecular weight excluding hydrogens is 280 g/mol. The lowest BCUT2D eigenvalue weighted by Gasteiger charge is -2.37. The number of fused-ring (bicyclic) bond motifs is 4. The molecule has 0 bridgehead atoms. The number of aliphatic hydroxyl groups excluding tert-OH is 3. The van der Waals surface area contributed by atoms with Gasteiger partial charge in [-0.1, -0.05) is 0 Å². The Morgan fingerprint density at radius 2 is 1.67 bits per heavy atom. The second kappa shape index (κ2) is 4.20. The Balaban J connectivity index is 1.90. The van der Waals surface area contributed by atoms with Crippen LogP contribution in [0.1, 0.15) is 15.9 Å². The third-order valence-electron chi connectivity index (χ3n) is 3.94. The molecule has 2 heterocycles. The molecule has 0 amide bonds. The zero-order chi connectivity index (χ0) is 14.7. The summed E-state index contributed by atoms with van der Waals surface area (Å²) in [6.45, 7) is 0.0692. The van der Waals surface area contributed by atoms with Crippen molar-refractivity contribution in [3.63, 3.8) is 0 Å². The van der Waals surface area contributed by atoms with Crippen molar-refractivity contribution < 1.29 is 34.3 Å². The van der Waals surface area contributed by atoms with Crippen LogP contribution in [0.3, 0.4) is 0 Å². The van der Waals surface area contributed by atoms with E-state index in [0.29, 0.717) is 22.6 Å². The standard InChI is InChI=1S/C14H12O7/c15-8-1-6-5-2-9-10(20-4-19-9)3-7(5)14(18)21-13(6)12(17)11(8)16/h1-3,8,11-13,15-17H,4H2/t8-,11+,12+,13-/m0/s1. The fourth-order valence-corrected chi connectivity index (χ4v) is 2.85. The summed E-state index contributed by atoms with van der Waals surface area (Å²) in [5, 5.41) is 29.5. The molecule has 0 unspecified atom stereocenters. The number of hydrogen-bond acceptors (Lipinski definition) is 7. The van der Waals surface area contributed by atoms with E-state index in [1.165, 1.54) is 12.1 Å². The highest BCUT2D eigenvalue weighted by Crippen LogP contribution is 2.43. The molecule has 21 heavy (non-hydrogen) atoms. The smallest absolute Gasteiger partial charge is 0.339 e. The third-order valence-corrected chi connectivity index (χ3v) is 3.94. The fraction of sp³-hybridized carbons (Fsp3) is 0.357. The van der Waals surface area contributed by atoms with E-state index in [-0.39, 0.29) is 12.4 Å². The largest absolute Gasteiger partial charge is 0.454 e. The molecule has 1 aliphatic carbocycles. The molecule has 0 radical (unpaired) electrons. The molecule has 0 spiro atoms. The van der Waals surface area contributed by atoms with Gasteiger partial charge in [-0.2, -0.15) is 0 Å². The van der Waals surface area contributed by atoms with Gasteiger partial charge in [0.2, 0.25) is 6.79 Å². The number of benzene rings is 1. The van der Waals surface area contributed by atoms with Gasteiger partial charge in [0.25, 0.3) is 0 Å². The molecule has 7 heteroatoms. The minimum absolute atomic E-state index is 0.0692. The molecule has 7 nitrogen and oxygen atoms in total. The topological polar surface area (TPSA) is 105 Å². The van der Waals surface area contributed by atoms with Crippen molar-refractivity contribution in [2.24, 2.45) is 0 Å². The highest BCUT2D eigenvalue weighted by Gasteiger charge is 2.44. The number of aliphatic hydroxyl groups is 3. The van der Waals surface area contributed by atoms with Gasteiger partial charge in [0.15, 0.2) is 17.6 Å². The predicted octanol–water partition coefficient (Wildman–Crippen LogP) is -0.566. The van der Waals surface area contributed by atoms with Crippen LogP contribution in [0.5, 0.6) is 11.5 Å². The number of ether oxygens (including phenoxy) is 3. The van der Waals surface area contributed by atoms with E-state index in [1.54, 1.807) is 6.07 Å². The summed E-state index contributed by atoms with van der Waals surface area (Å²) in [6, 6.07) is 3.13. The van der Waals surface area contributed by atoms with Gasteiger partial charge in [-0.15, -0.1) is 0 Å². The van der Waals surface area contributed by atoms with Crippen molar-refractivity contribution in [2.75, 3.05) is 6.79 Å². The van der Waals surface area contributed by atoms with Crippen molar-refractivity contribution in [3.8, 4) is 11.5 Å². The Kier molecular flexibility index (Phi) is 2.53. The SMILES string of the molecule is O=C1O[C@H]2C(=C[C@H](O)[C@@H](O)[C@H]2O)c2cc3c(cc21)OCO3. The van der Waals surface area contributed by atoms with Crippen molar-refractivity contribution >= 4 is 11.5 Å². The molecule has 1 aromatic rings. The molecule has 0 saturated carbocycles. The number of carbonyl (C=O) groups excluding carboxylic acids is 1. The molecule has 3 N–H and O–H groups in total. The fourth-order valence-electron chi connectivity index (χ4n) is 2.85. The number of rotatable bonds is 0. The maximum atomic E-state index is 12.1. The van der Waals surface area contributed by atoms with Gasteiger partial charge in [0.05, 0.1) is 5.56 Å². The van der Waals surface area contributed by atoms with Crippen LogP contribution in [0.4, 0.5) is 0 Å². The summed E-state index contributed by atoms with van der Waals surface area (Å²) in [6.07, 6.45) is -3.65. The molecule has 3 aliphatic rings. The zero-order valence-electron chi connectivity index (χ0n) is 10.7. The van der Waals surface area contributed by atoms with Gasteiger partial charge in [0.1, 0.15) is 18.3 Å². The Morgan fingerprint density at radius 1 is 1.00 bits per heavy atom. The van der Waals surface area contributed by atoms with Crippen LogP contribution in [-0.2, 0) is 4.74 Å². The Bertz CT molecular complexity index is 666.